The van der Waals surface area contributed by atoms with E-state index in [-0.39, 0.29) is 5.82 Å². The van der Waals surface area contributed by atoms with Crippen molar-refractivity contribution in [2.24, 2.45) is 0 Å². The maximum absolute atomic E-state index is 13.5. The molecule has 0 bridgehead atoms. The van der Waals surface area contributed by atoms with E-state index in [0.29, 0.717) is 6.04 Å². The second-order valence-electron chi connectivity index (χ2n) is 5.43. The van der Waals surface area contributed by atoms with Crippen molar-refractivity contribution < 1.29 is 4.39 Å². The molecule has 0 aromatic heterocycles. The molecule has 0 saturated heterocycles. The number of aryl methyl sites for hydroxylation is 1. The third-order valence-electron chi connectivity index (χ3n) is 3.46. The van der Waals surface area contributed by atoms with Crippen LogP contribution in [0.2, 0.25) is 0 Å². The molecule has 2 rings (SSSR count). The van der Waals surface area contributed by atoms with Gasteiger partial charge in [-0.1, -0.05) is 52.7 Å². The Morgan fingerprint density at radius 3 is 2.52 bits per heavy atom. The van der Waals surface area contributed by atoms with Crippen LogP contribution in [0, 0.1) is 12.7 Å². The van der Waals surface area contributed by atoms with Crippen LogP contribution in [0.1, 0.15) is 23.6 Å². The summed E-state index contributed by atoms with van der Waals surface area (Å²) in [5.41, 5.74) is 3.60. The van der Waals surface area contributed by atoms with Crippen LogP contribution in [0.3, 0.4) is 0 Å². The number of hydrogen-bond acceptors (Lipinski definition) is 1. The largest absolute Gasteiger partial charge is 0.314 e. The first-order valence-corrected chi connectivity index (χ1v) is 8.10. The highest BCUT2D eigenvalue weighted by Gasteiger charge is 2.11. The molecule has 0 aliphatic carbocycles. The molecular weight excluding hydrogens is 329 g/mol. The SMILES string of the molecule is CCNC(Cc1cccc(C)c1)Cc1cc(F)cc(Br)c1. The van der Waals surface area contributed by atoms with E-state index < -0.39 is 0 Å². The zero-order chi connectivity index (χ0) is 15.2. The fourth-order valence-electron chi connectivity index (χ4n) is 2.64. The van der Waals surface area contributed by atoms with E-state index >= 15 is 0 Å². The molecule has 1 N–H and O–H groups in total. The summed E-state index contributed by atoms with van der Waals surface area (Å²) in [5.74, 6) is -0.190. The molecular formula is C18H21BrFN. The smallest absolute Gasteiger partial charge is 0.124 e. The van der Waals surface area contributed by atoms with Gasteiger partial charge in [0.25, 0.3) is 0 Å². The van der Waals surface area contributed by atoms with Crippen molar-refractivity contribution in [3.63, 3.8) is 0 Å². The minimum Gasteiger partial charge on any atom is -0.314 e. The van der Waals surface area contributed by atoms with Crippen LogP contribution >= 0.6 is 15.9 Å². The van der Waals surface area contributed by atoms with Crippen molar-refractivity contribution in [1.82, 2.24) is 5.32 Å². The molecule has 0 radical (unpaired) electrons. The summed E-state index contributed by atoms with van der Waals surface area (Å²) in [6.45, 7) is 5.12. The lowest BCUT2D eigenvalue weighted by atomic mass is 9.98. The molecule has 0 amide bonds. The predicted octanol–water partition coefficient (Wildman–Crippen LogP) is 4.66. The molecule has 0 saturated carbocycles. The number of halogens is 2. The summed E-state index contributed by atoms with van der Waals surface area (Å²) in [4.78, 5) is 0. The number of rotatable bonds is 6. The topological polar surface area (TPSA) is 12.0 Å². The van der Waals surface area contributed by atoms with Crippen LogP contribution in [0.15, 0.2) is 46.9 Å². The van der Waals surface area contributed by atoms with E-state index in [1.807, 2.05) is 6.07 Å². The maximum atomic E-state index is 13.5. The average Bonchev–Trinajstić information content (AvgIpc) is 2.37. The summed E-state index contributed by atoms with van der Waals surface area (Å²) in [6.07, 6.45) is 1.77. The Balaban J connectivity index is 2.11. The minimum absolute atomic E-state index is 0.190. The van der Waals surface area contributed by atoms with Crippen LogP contribution in [-0.4, -0.2) is 12.6 Å². The van der Waals surface area contributed by atoms with Crippen LogP contribution in [-0.2, 0) is 12.8 Å². The third-order valence-corrected chi connectivity index (χ3v) is 3.92. The molecule has 0 aliphatic rings. The highest BCUT2D eigenvalue weighted by Crippen LogP contribution is 2.17. The van der Waals surface area contributed by atoms with Crippen molar-refractivity contribution in [1.29, 1.82) is 0 Å². The van der Waals surface area contributed by atoms with Crippen molar-refractivity contribution in [2.75, 3.05) is 6.54 Å². The summed E-state index contributed by atoms with van der Waals surface area (Å²) in [7, 11) is 0. The summed E-state index contributed by atoms with van der Waals surface area (Å²) < 4.78 is 14.3. The average molecular weight is 350 g/mol. The van der Waals surface area contributed by atoms with Gasteiger partial charge in [-0.2, -0.15) is 0 Å². The van der Waals surface area contributed by atoms with Crippen molar-refractivity contribution in [3.8, 4) is 0 Å². The molecule has 1 nitrogen and oxygen atoms in total. The van der Waals surface area contributed by atoms with Gasteiger partial charge in [-0.15, -0.1) is 0 Å². The van der Waals surface area contributed by atoms with Crippen molar-refractivity contribution in [2.45, 2.75) is 32.7 Å². The fourth-order valence-corrected chi connectivity index (χ4v) is 3.15. The van der Waals surface area contributed by atoms with Gasteiger partial charge in [0.2, 0.25) is 0 Å². The Hall–Kier alpha value is -1.19. The molecule has 1 atom stereocenters. The Labute approximate surface area is 134 Å². The van der Waals surface area contributed by atoms with Gasteiger partial charge in [-0.05, 0) is 55.6 Å². The Kier molecular flexibility index (Phi) is 5.95. The van der Waals surface area contributed by atoms with Gasteiger partial charge in [0.15, 0.2) is 0 Å². The van der Waals surface area contributed by atoms with E-state index in [9.17, 15) is 4.39 Å². The van der Waals surface area contributed by atoms with Gasteiger partial charge >= 0.3 is 0 Å². The molecule has 0 aliphatic heterocycles. The number of hydrogen-bond donors (Lipinski definition) is 1. The first-order valence-electron chi connectivity index (χ1n) is 7.30. The van der Waals surface area contributed by atoms with Gasteiger partial charge in [0.05, 0.1) is 0 Å². The molecule has 0 heterocycles. The molecule has 0 fully saturated rings. The lowest BCUT2D eigenvalue weighted by Crippen LogP contribution is -2.33. The van der Waals surface area contributed by atoms with Gasteiger partial charge < -0.3 is 5.32 Å². The second-order valence-corrected chi connectivity index (χ2v) is 6.35. The Morgan fingerprint density at radius 2 is 1.86 bits per heavy atom. The molecule has 2 aromatic carbocycles. The highest BCUT2D eigenvalue weighted by atomic mass is 79.9. The van der Waals surface area contributed by atoms with Crippen LogP contribution in [0.25, 0.3) is 0 Å². The van der Waals surface area contributed by atoms with Crippen LogP contribution in [0.5, 0.6) is 0 Å². The van der Waals surface area contributed by atoms with Crippen molar-refractivity contribution in [3.05, 3.63) is 69.4 Å². The first-order chi connectivity index (χ1) is 10.1. The second kappa shape index (κ2) is 7.71. The van der Waals surface area contributed by atoms with Crippen LogP contribution in [0.4, 0.5) is 4.39 Å². The minimum atomic E-state index is -0.190. The Bertz CT molecular complexity index is 577. The maximum Gasteiger partial charge on any atom is 0.124 e. The lowest BCUT2D eigenvalue weighted by molar-refractivity contribution is 0.519. The standard InChI is InChI=1S/C18H21BrFN/c1-3-21-18(10-14-6-4-5-13(2)7-14)11-15-8-16(19)12-17(20)9-15/h4-9,12,18,21H,3,10-11H2,1-2H3. The van der Waals surface area contributed by atoms with Gasteiger partial charge in [-0.25, -0.2) is 4.39 Å². The normalized spacial score (nSPS) is 12.4. The van der Waals surface area contributed by atoms with E-state index in [1.54, 1.807) is 6.07 Å². The number of benzene rings is 2. The molecule has 2 aromatic rings. The van der Waals surface area contributed by atoms with Gasteiger partial charge in [0, 0.05) is 10.5 Å². The molecule has 3 heteroatoms. The molecule has 21 heavy (non-hydrogen) atoms. The first kappa shape index (κ1) is 16.2. The fraction of sp³-hybridized carbons (Fsp3) is 0.333. The van der Waals surface area contributed by atoms with Crippen LogP contribution < -0.4 is 5.32 Å². The van der Waals surface area contributed by atoms with E-state index in [0.717, 1.165) is 29.4 Å². The predicted molar refractivity (Wildman–Crippen MR) is 90.2 cm³/mol. The Morgan fingerprint density at radius 1 is 1.10 bits per heavy atom. The number of likely N-dealkylation sites (N-methyl/N-ethyl adjacent to an activating group) is 1. The highest BCUT2D eigenvalue weighted by molar-refractivity contribution is 9.10. The molecule has 0 spiro atoms. The third kappa shape index (κ3) is 5.25. The quantitative estimate of drug-likeness (QED) is 0.799. The molecule has 1 unspecified atom stereocenters. The monoisotopic (exact) mass is 349 g/mol. The molecule has 112 valence electrons. The lowest BCUT2D eigenvalue weighted by Gasteiger charge is -2.18. The van der Waals surface area contributed by atoms with E-state index in [1.165, 1.54) is 17.2 Å². The summed E-state index contributed by atoms with van der Waals surface area (Å²) in [6, 6.07) is 14.0. The van der Waals surface area contributed by atoms with Crippen molar-refractivity contribution >= 4 is 15.9 Å². The van der Waals surface area contributed by atoms with E-state index in [2.05, 4.69) is 59.4 Å². The number of nitrogens with one attached hydrogen (secondary N) is 1. The summed E-state index contributed by atoms with van der Waals surface area (Å²) in [5, 5.41) is 3.50. The summed E-state index contributed by atoms with van der Waals surface area (Å²) >= 11 is 3.36. The zero-order valence-electron chi connectivity index (χ0n) is 12.5. The van der Waals surface area contributed by atoms with Gasteiger partial charge in [0.1, 0.15) is 5.82 Å². The van der Waals surface area contributed by atoms with Gasteiger partial charge in [-0.3, -0.25) is 0 Å². The zero-order valence-corrected chi connectivity index (χ0v) is 14.1. The van der Waals surface area contributed by atoms with E-state index in [4.69, 9.17) is 0 Å².